The van der Waals surface area contributed by atoms with Gasteiger partial charge in [0.05, 0.1) is 22.1 Å². The summed E-state index contributed by atoms with van der Waals surface area (Å²) >= 11 is 0. The molecule has 2 heterocycles. The number of fused-ring (bicyclic) bond motifs is 6. The predicted octanol–water partition coefficient (Wildman–Crippen LogP) is 10.8. The molecule has 2 nitrogen and oxygen atoms in total. The molecule has 0 bridgehead atoms. The molecule has 2 aliphatic rings. The summed E-state index contributed by atoms with van der Waals surface area (Å²) < 4.78 is 4.92. The lowest BCUT2D eigenvalue weighted by Crippen LogP contribution is -1.97. The van der Waals surface area contributed by atoms with Crippen molar-refractivity contribution in [3.05, 3.63) is 156 Å². The minimum atomic E-state index is 0.809. The maximum atomic E-state index is 2.47. The molecule has 202 valence electrons. The number of rotatable bonds is 3. The third kappa shape index (κ3) is 3.94. The van der Waals surface area contributed by atoms with E-state index in [1.807, 2.05) is 0 Å². The second-order valence-corrected chi connectivity index (χ2v) is 11.6. The first-order chi connectivity index (χ1) is 20.7. The van der Waals surface area contributed by atoms with Crippen molar-refractivity contribution in [2.24, 2.45) is 0 Å². The van der Waals surface area contributed by atoms with Gasteiger partial charge in [0.15, 0.2) is 0 Å². The predicted molar refractivity (Wildman–Crippen MR) is 180 cm³/mol. The molecule has 0 amide bonds. The van der Waals surface area contributed by atoms with Crippen molar-refractivity contribution in [3.63, 3.8) is 0 Å². The van der Waals surface area contributed by atoms with Crippen LogP contribution in [0, 0.1) is 0 Å². The molecule has 2 aliphatic carbocycles. The van der Waals surface area contributed by atoms with Gasteiger partial charge in [-0.15, -0.1) is 0 Å². The lowest BCUT2D eigenvalue weighted by atomic mass is 10.0. The highest BCUT2D eigenvalue weighted by atomic mass is 15.0. The zero-order valence-electron chi connectivity index (χ0n) is 24.0. The van der Waals surface area contributed by atoms with Gasteiger partial charge in [0.2, 0.25) is 0 Å². The lowest BCUT2D eigenvalue weighted by molar-refractivity contribution is 1.13. The Balaban J connectivity index is 1.42. The summed E-state index contributed by atoms with van der Waals surface area (Å²) in [6.45, 7) is 4.45. The van der Waals surface area contributed by atoms with Crippen LogP contribution in [0.15, 0.2) is 156 Å². The molecule has 2 aromatic heterocycles. The highest BCUT2D eigenvalue weighted by Crippen LogP contribution is 2.38. The molecule has 0 atom stereocenters. The zero-order valence-corrected chi connectivity index (χ0v) is 24.0. The number of hydrogen-bond acceptors (Lipinski definition) is 0. The molecule has 0 aliphatic heterocycles. The van der Waals surface area contributed by atoms with Crippen molar-refractivity contribution in [3.8, 4) is 0 Å². The highest BCUT2D eigenvalue weighted by molar-refractivity contribution is 6.11. The third-order valence-corrected chi connectivity index (χ3v) is 8.72. The van der Waals surface area contributed by atoms with Gasteiger partial charge in [-0.2, -0.15) is 0 Å². The van der Waals surface area contributed by atoms with Crippen LogP contribution in [0.25, 0.3) is 55.0 Å². The van der Waals surface area contributed by atoms with E-state index in [4.69, 9.17) is 0 Å². The van der Waals surface area contributed by atoms with Crippen LogP contribution in [0.2, 0.25) is 0 Å². The monoisotopic (exact) mass is 540 g/mol. The number of para-hydroxylation sites is 4. The molecule has 0 radical (unpaired) electrons. The van der Waals surface area contributed by atoms with E-state index in [1.165, 1.54) is 77.3 Å². The number of aromatic nitrogens is 2. The zero-order chi connectivity index (χ0) is 28.2. The third-order valence-electron chi connectivity index (χ3n) is 8.72. The average Bonchev–Trinajstić information content (AvgIpc) is 3.35. The Kier molecular flexibility index (Phi) is 5.75. The van der Waals surface area contributed by atoms with Crippen molar-refractivity contribution in [1.82, 2.24) is 9.13 Å². The van der Waals surface area contributed by atoms with Crippen LogP contribution in [0.1, 0.15) is 26.7 Å². The standard InChI is InChI=1S/C40H32N2/c1-27-19-20-28(2)24-29(23-27)30-25-31(41-37-15-7-3-11-33(37)34-12-4-8-16-38(34)41)21-22-32(26-30)42-39-17-9-5-13-35(39)36-14-6-10-18-40(36)42/h3-19,21,23-26H,20,22H2,1-2H3. The van der Waals surface area contributed by atoms with E-state index >= 15 is 0 Å². The maximum Gasteiger partial charge on any atom is 0.0540 e. The van der Waals surface area contributed by atoms with Crippen LogP contribution in [-0.2, 0) is 0 Å². The molecule has 0 unspecified atom stereocenters. The van der Waals surface area contributed by atoms with E-state index in [0.717, 1.165) is 12.8 Å². The van der Waals surface area contributed by atoms with E-state index in [-0.39, 0.29) is 0 Å². The first-order valence-electron chi connectivity index (χ1n) is 14.8. The molecule has 8 rings (SSSR count). The Hall–Kier alpha value is -5.08. The topological polar surface area (TPSA) is 9.86 Å². The van der Waals surface area contributed by atoms with Gasteiger partial charge in [0.25, 0.3) is 0 Å². The largest absolute Gasteiger partial charge is 0.313 e. The van der Waals surface area contributed by atoms with Crippen LogP contribution in [0.3, 0.4) is 0 Å². The second-order valence-electron chi connectivity index (χ2n) is 11.6. The van der Waals surface area contributed by atoms with Crippen molar-refractivity contribution >= 4 is 55.0 Å². The molecule has 0 N–H and O–H groups in total. The van der Waals surface area contributed by atoms with Gasteiger partial charge in [-0.25, -0.2) is 0 Å². The van der Waals surface area contributed by atoms with Gasteiger partial charge >= 0.3 is 0 Å². The quantitative estimate of drug-likeness (QED) is 0.211. The van der Waals surface area contributed by atoms with Crippen molar-refractivity contribution in [1.29, 1.82) is 0 Å². The molecular formula is C40H32N2. The van der Waals surface area contributed by atoms with E-state index < -0.39 is 0 Å². The van der Waals surface area contributed by atoms with E-state index in [1.54, 1.807) is 0 Å². The van der Waals surface area contributed by atoms with Crippen LogP contribution in [-0.4, -0.2) is 9.13 Å². The molecule has 0 spiro atoms. The number of hydrogen-bond donors (Lipinski definition) is 0. The first kappa shape index (κ1) is 24.7. The minimum absolute atomic E-state index is 0.809. The van der Waals surface area contributed by atoms with Gasteiger partial charge in [-0.1, -0.05) is 108 Å². The fraction of sp³-hybridized carbons (Fsp3) is 0.100. The summed E-state index contributed by atoms with van der Waals surface area (Å²) in [5.74, 6) is 0. The van der Waals surface area contributed by atoms with Gasteiger partial charge in [-0.05, 0) is 67.8 Å². The van der Waals surface area contributed by atoms with Gasteiger partial charge in [-0.3, -0.25) is 0 Å². The van der Waals surface area contributed by atoms with Gasteiger partial charge in [0, 0.05) is 39.4 Å². The number of benzene rings is 4. The van der Waals surface area contributed by atoms with Crippen LogP contribution in [0.4, 0.5) is 0 Å². The Morgan fingerprint density at radius 1 is 0.452 bits per heavy atom. The SMILES string of the molecule is CC1=CCC(C)=CC(C2=CC(n3c4ccccc4c4ccccc43)=CCC(n3c4ccccc4c4ccccc43)=C2)=C1. The Morgan fingerprint density at radius 2 is 0.929 bits per heavy atom. The van der Waals surface area contributed by atoms with E-state index in [9.17, 15) is 0 Å². The summed E-state index contributed by atoms with van der Waals surface area (Å²) in [5, 5.41) is 5.15. The van der Waals surface area contributed by atoms with E-state index in [0.29, 0.717) is 0 Å². The minimum Gasteiger partial charge on any atom is -0.313 e. The molecular weight excluding hydrogens is 508 g/mol. The average molecular weight is 541 g/mol. The molecule has 42 heavy (non-hydrogen) atoms. The van der Waals surface area contributed by atoms with Gasteiger partial charge < -0.3 is 9.13 Å². The summed E-state index contributed by atoms with van der Waals surface area (Å²) in [4.78, 5) is 0. The maximum absolute atomic E-state index is 2.47. The number of nitrogens with zero attached hydrogens (tertiary/aromatic N) is 2. The van der Waals surface area contributed by atoms with Crippen LogP contribution >= 0.6 is 0 Å². The van der Waals surface area contributed by atoms with Crippen LogP contribution < -0.4 is 0 Å². The molecule has 0 saturated heterocycles. The normalized spacial score (nSPS) is 16.0. The lowest BCUT2D eigenvalue weighted by Gasteiger charge is -2.12. The first-order valence-corrected chi connectivity index (χ1v) is 14.8. The van der Waals surface area contributed by atoms with Crippen molar-refractivity contribution in [2.75, 3.05) is 0 Å². The van der Waals surface area contributed by atoms with Crippen LogP contribution in [0.5, 0.6) is 0 Å². The summed E-state index contributed by atoms with van der Waals surface area (Å²) in [6, 6.07) is 35.2. The summed E-state index contributed by atoms with van der Waals surface area (Å²) in [6.07, 6.45) is 16.1. The summed E-state index contributed by atoms with van der Waals surface area (Å²) in [7, 11) is 0. The van der Waals surface area contributed by atoms with Gasteiger partial charge in [0.1, 0.15) is 0 Å². The second kappa shape index (κ2) is 9.78. The van der Waals surface area contributed by atoms with Crippen molar-refractivity contribution in [2.45, 2.75) is 26.7 Å². The Morgan fingerprint density at radius 3 is 1.48 bits per heavy atom. The molecule has 4 aromatic carbocycles. The molecule has 2 heteroatoms. The highest BCUT2D eigenvalue weighted by Gasteiger charge is 2.19. The Bertz CT molecular complexity index is 2140. The fourth-order valence-corrected chi connectivity index (χ4v) is 6.78. The molecule has 6 aromatic rings. The summed E-state index contributed by atoms with van der Waals surface area (Å²) in [5.41, 5.74) is 12.6. The Labute approximate surface area is 246 Å². The van der Waals surface area contributed by atoms with E-state index in [2.05, 4.69) is 156 Å². The smallest absolute Gasteiger partial charge is 0.0540 e. The molecule has 0 fully saturated rings. The molecule has 0 saturated carbocycles. The number of allylic oxidation sites excluding steroid dienone is 12. The fourth-order valence-electron chi connectivity index (χ4n) is 6.78. The van der Waals surface area contributed by atoms with Crippen molar-refractivity contribution < 1.29 is 0 Å².